The first kappa shape index (κ1) is 22.8. The molecule has 3 saturated carbocycles. The minimum absolute atomic E-state index is 0.0287. The number of nitrogens with one attached hydrogen (secondary N) is 1. The second kappa shape index (κ2) is 9.72. The van der Waals surface area contributed by atoms with Gasteiger partial charge >= 0.3 is 17.6 Å². The number of hydrogen-bond donors (Lipinski definition) is 1. The van der Waals surface area contributed by atoms with E-state index < -0.39 is 11.2 Å². The van der Waals surface area contributed by atoms with Crippen LogP contribution in [0.4, 0.5) is 0 Å². The van der Waals surface area contributed by atoms with Gasteiger partial charge in [0.1, 0.15) is 5.39 Å². The molecule has 0 aliphatic heterocycles. The molecule has 1 unspecified atom stereocenters. The van der Waals surface area contributed by atoms with Crippen molar-refractivity contribution in [1.29, 1.82) is 0 Å². The Morgan fingerprint density at radius 3 is 2.62 bits per heavy atom. The number of ether oxygens (including phenoxy) is 1. The maximum atomic E-state index is 12.8. The number of oxime groups is 1. The zero-order chi connectivity index (χ0) is 23.7. The minimum Gasteiger partial charge on any atom is -0.466 e. The second-order valence-electron chi connectivity index (χ2n) is 9.86. The molecule has 5 rings (SSSR count). The van der Waals surface area contributed by atoms with E-state index in [1.807, 2.05) is 6.92 Å². The van der Waals surface area contributed by atoms with E-state index in [2.05, 4.69) is 15.1 Å². The Hall–Kier alpha value is -2.97. The monoisotopic (exact) mass is 469 g/mol. The summed E-state index contributed by atoms with van der Waals surface area (Å²) in [6, 6.07) is 1.29. The standard InChI is InChI=1S/C25H31N3O6/c1-2-32-24(31)20-15-9-10-16(20)12-18(11-15)28-34-25-26-22(30)21-17(8-7-14-5-3-4-6-14)13-19(29)33-23(21)27-25/h13-16,20H,2-12H2,1H3,(H,26,27,30)/t15-,16+,20?. The summed E-state index contributed by atoms with van der Waals surface area (Å²) < 4.78 is 10.5. The predicted octanol–water partition coefficient (Wildman–Crippen LogP) is 3.73. The van der Waals surface area contributed by atoms with E-state index in [4.69, 9.17) is 14.0 Å². The summed E-state index contributed by atoms with van der Waals surface area (Å²) in [5.41, 5.74) is 0.537. The van der Waals surface area contributed by atoms with Gasteiger partial charge in [-0.2, -0.15) is 4.98 Å². The van der Waals surface area contributed by atoms with Gasteiger partial charge in [0.15, 0.2) is 0 Å². The molecule has 3 fully saturated rings. The third-order valence-electron chi connectivity index (χ3n) is 7.71. The Morgan fingerprint density at radius 2 is 1.91 bits per heavy atom. The van der Waals surface area contributed by atoms with Crippen LogP contribution in [-0.2, 0) is 16.0 Å². The lowest BCUT2D eigenvalue weighted by Crippen LogP contribution is -2.33. The van der Waals surface area contributed by atoms with Crippen molar-refractivity contribution in [3.8, 4) is 6.01 Å². The fraction of sp³-hybridized carbons (Fsp3) is 0.640. The molecule has 9 nitrogen and oxygen atoms in total. The van der Waals surface area contributed by atoms with Gasteiger partial charge in [-0.15, -0.1) is 0 Å². The van der Waals surface area contributed by atoms with Crippen LogP contribution in [0.2, 0.25) is 0 Å². The lowest BCUT2D eigenvalue weighted by molar-refractivity contribution is -0.151. The summed E-state index contributed by atoms with van der Waals surface area (Å²) in [7, 11) is 0. The van der Waals surface area contributed by atoms with Gasteiger partial charge in [-0.1, -0.05) is 30.8 Å². The molecule has 1 N–H and O–H groups in total. The molecule has 0 aromatic carbocycles. The Balaban J connectivity index is 1.32. The zero-order valence-electron chi connectivity index (χ0n) is 19.5. The van der Waals surface area contributed by atoms with Gasteiger partial charge in [0.05, 0.1) is 18.2 Å². The van der Waals surface area contributed by atoms with E-state index in [0.717, 1.165) is 25.0 Å². The molecule has 34 heavy (non-hydrogen) atoms. The number of carbonyl (C=O) groups excluding carboxylic acids is 1. The molecule has 2 bridgehead atoms. The van der Waals surface area contributed by atoms with Crippen molar-refractivity contribution in [2.45, 2.75) is 71.1 Å². The molecular weight excluding hydrogens is 438 g/mol. The van der Waals surface area contributed by atoms with E-state index >= 15 is 0 Å². The number of aromatic nitrogens is 2. The van der Waals surface area contributed by atoms with Crippen molar-refractivity contribution < 1.29 is 18.8 Å². The number of esters is 1. The van der Waals surface area contributed by atoms with E-state index in [0.29, 0.717) is 42.7 Å². The van der Waals surface area contributed by atoms with Gasteiger partial charge in [0.25, 0.3) is 5.56 Å². The molecule has 2 heterocycles. The Bertz CT molecular complexity index is 1190. The number of nitrogens with zero attached hydrogens (tertiary/aromatic N) is 2. The fourth-order valence-electron chi connectivity index (χ4n) is 6.15. The van der Waals surface area contributed by atoms with Crippen molar-refractivity contribution in [2.24, 2.45) is 28.8 Å². The number of aromatic amines is 1. The van der Waals surface area contributed by atoms with E-state index in [9.17, 15) is 14.4 Å². The highest BCUT2D eigenvalue weighted by molar-refractivity contribution is 5.88. The molecule has 0 amide bonds. The number of aryl methyl sites for hydroxylation is 1. The first-order valence-corrected chi connectivity index (χ1v) is 12.5. The summed E-state index contributed by atoms with van der Waals surface area (Å²) >= 11 is 0. The average Bonchev–Trinajstić information content (AvgIpc) is 3.41. The smallest absolute Gasteiger partial charge is 0.337 e. The van der Waals surface area contributed by atoms with Crippen molar-refractivity contribution in [1.82, 2.24) is 9.97 Å². The van der Waals surface area contributed by atoms with Crippen molar-refractivity contribution in [3.05, 3.63) is 32.4 Å². The van der Waals surface area contributed by atoms with Gasteiger partial charge in [-0.3, -0.25) is 14.6 Å². The topological polar surface area (TPSA) is 124 Å². The summed E-state index contributed by atoms with van der Waals surface area (Å²) in [6.07, 6.45) is 9.72. The molecule has 2 aromatic rings. The number of rotatable bonds is 7. The van der Waals surface area contributed by atoms with E-state index in [-0.39, 0.29) is 35.4 Å². The van der Waals surface area contributed by atoms with Crippen LogP contribution in [0.1, 0.15) is 70.3 Å². The average molecular weight is 470 g/mol. The maximum absolute atomic E-state index is 12.8. The minimum atomic E-state index is -0.529. The first-order chi connectivity index (χ1) is 16.5. The predicted molar refractivity (Wildman–Crippen MR) is 125 cm³/mol. The van der Waals surface area contributed by atoms with Crippen LogP contribution in [0.3, 0.4) is 0 Å². The third-order valence-corrected chi connectivity index (χ3v) is 7.71. The summed E-state index contributed by atoms with van der Waals surface area (Å²) in [6.45, 7) is 2.21. The number of fused-ring (bicyclic) bond motifs is 3. The van der Waals surface area contributed by atoms with Crippen molar-refractivity contribution >= 4 is 22.8 Å². The van der Waals surface area contributed by atoms with Crippen LogP contribution < -0.4 is 16.0 Å². The zero-order valence-corrected chi connectivity index (χ0v) is 19.5. The van der Waals surface area contributed by atoms with Crippen LogP contribution in [0, 0.1) is 23.7 Å². The quantitative estimate of drug-likeness (QED) is 0.484. The van der Waals surface area contributed by atoms with Gasteiger partial charge in [-0.05, 0) is 68.8 Å². The highest BCUT2D eigenvalue weighted by atomic mass is 16.6. The van der Waals surface area contributed by atoms with Gasteiger partial charge in [0.2, 0.25) is 5.71 Å². The van der Waals surface area contributed by atoms with Crippen LogP contribution in [0.5, 0.6) is 6.01 Å². The molecule has 3 aliphatic carbocycles. The molecule has 9 heteroatoms. The highest BCUT2D eigenvalue weighted by Crippen LogP contribution is 2.46. The lowest BCUT2D eigenvalue weighted by atomic mass is 9.77. The molecule has 2 aromatic heterocycles. The van der Waals surface area contributed by atoms with Crippen LogP contribution in [0.25, 0.3) is 11.1 Å². The molecule has 3 aliphatic rings. The molecule has 0 saturated heterocycles. The normalized spacial score (nSPS) is 25.8. The lowest BCUT2D eigenvalue weighted by Gasteiger charge is -2.28. The Labute approximate surface area is 196 Å². The highest BCUT2D eigenvalue weighted by Gasteiger charge is 2.46. The summed E-state index contributed by atoms with van der Waals surface area (Å²) in [5, 5.41) is 4.52. The SMILES string of the molecule is CCOC(=O)C1[C@@H]2CC[C@H]1CC(=NOc1nc3oc(=O)cc(CCC4CCCC4)c3c(=O)[nH]1)C2. The fourth-order valence-corrected chi connectivity index (χ4v) is 6.15. The van der Waals surface area contributed by atoms with Crippen molar-refractivity contribution in [2.75, 3.05) is 6.61 Å². The van der Waals surface area contributed by atoms with Crippen LogP contribution in [0.15, 0.2) is 25.2 Å². The summed E-state index contributed by atoms with van der Waals surface area (Å²) in [5.74, 6) is 0.846. The first-order valence-electron chi connectivity index (χ1n) is 12.5. The van der Waals surface area contributed by atoms with E-state index in [1.54, 1.807) is 0 Å². The molecule has 0 spiro atoms. The second-order valence-corrected chi connectivity index (χ2v) is 9.86. The van der Waals surface area contributed by atoms with Gasteiger partial charge < -0.3 is 14.0 Å². The number of hydrogen-bond acceptors (Lipinski definition) is 8. The van der Waals surface area contributed by atoms with Gasteiger partial charge in [-0.25, -0.2) is 4.79 Å². The van der Waals surface area contributed by atoms with Crippen LogP contribution >= 0.6 is 0 Å². The Kier molecular flexibility index (Phi) is 6.52. The number of carbonyl (C=O) groups is 1. The Morgan fingerprint density at radius 1 is 1.18 bits per heavy atom. The maximum Gasteiger partial charge on any atom is 0.337 e. The molecular formula is C25H31N3O6. The number of H-pyrrole nitrogens is 1. The van der Waals surface area contributed by atoms with Crippen molar-refractivity contribution in [3.63, 3.8) is 0 Å². The van der Waals surface area contributed by atoms with Crippen LogP contribution in [-0.4, -0.2) is 28.3 Å². The molecule has 182 valence electrons. The third kappa shape index (κ3) is 4.65. The van der Waals surface area contributed by atoms with E-state index in [1.165, 1.54) is 31.7 Å². The summed E-state index contributed by atoms with van der Waals surface area (Å²) in [4.78, 5) is 49.6. The molecule has 0 radical (unpaired) electrons. The largest absolute Gasteiger partial charge is 0.466 e. The molecule has 3 atom stereocenters. The van der Waals surface area contributed by atoms with Gasteiger partial charge in [0, 0.05) is 6.07 Å².